The Kier molecular flexibility index (Phi) is 6.44. The van der Waals surface area contributed by atoms with Gasteiger partial charge < -0.3 is 0 Å². The molecular formula is C24H33NO4S. The van der Waals surface area contributed by atoms with Gasteiger partial charge in [0.05, 0.1) is 11.0 Å². The SMILES string of the molecule is Cc1ccc(S(=O)(=O)OC2CC(C)(C)[15N](OC(C)c3ccccc3)C(C)(C)C2)cc1. The largest absolute Gasteiger partial charge is 0.297 e. The van der Waals surface area contributed by atoms with Gasteiger partial charge in [-0.1, -0.05) is 48.0 Å². The van der Waals surface area contributed by atoms with E-state index in [1.165, 1.54) is 0 Å². The Bertz CT molecular complexity index is 934. The van der Waals surface area contributed by atoms with E-state index in [9.17, 15) is 8.42 Å². The summed E-state index contributed by atoms with van der Waals surface area (Å²) in [6.45, 7) is 12.2. The van der Waals surface area contributed by atoms with Gasteiger partial charge in [-0.25, -0.2) is 0 Å². The molecule has 1 fully saturated rings. The molecule has 0 radical (unpaired) electrons. The third-order valence-electron chi connectivity index (χ3n) is 5.66. The molecule has 1 aliphatic heterocycles. The Balaban J connectivity index is 1.76. The first-order valence-electron chi connectivity index (χ1n) is 10.4. The third-order valence-corrected chi connectivity index (χ3v) is 7.03. The summed E-state index contributed by atoms with van der Waals surface area (Å²) in [5.41, 5.74) is 1.30. The van der Waals surface area contributed by atoms with Crippen LogP contribution in [0.1, 0.15) is 64.7 Å². The van der Waals surface area contributed by atoms with Gasteiger partial charge in [-0.05, 0) is 72.1 Å². The molecule has 5 nitrogen and oxygen atoms in total. The third kappa shape index (κ3) is 5.11. The molecule has 3 rings (SSSR count). The predicted octanol–water partition coefficient (Wildman–Crippen LogP) is 5.41. The van der Waals surface area contributed by atoms with Gasteiger partial charge in [0.2, 0.25) is 0 Å². The van der Waals surface area contributed by atoms with Crippen LogP contribution in [0.25, 0.3) is 0 Å². The minimum atomic E-state index is -3.82. The fourth-order valence-corrected chi connectivity index (χ4v) is 5.48. The van der Waals surface area contributed by atoms with Crippen LogP contribution >= 0.6 is 0 Å². The predicted molar refractivity (Wildman–Crippen MR) is 118 cm³/mol. The van der Waals surface area contributed by atoms with Crippen LogP contribution in [-0.2, 0) is 19.1 Å². The van der Waals surface area contributed by atoms with Crippen molar-refractivity contribution >= 4 is 10.1 Å². The second-order valence-electron chi connectivity index (χ2n) is 9.47. The van der Waals surface area contributed by atoms with Crippen LogP contribution in [0.15, 0.2) is 59.5 Å². The van der Waals surface area contributed by atoms with Crippen molar-refractivity contribution in [3.05, 3.63) is 65.7 Å². The van der Waals surface area contributed by atoms with Crippen LogP contribution in [0.5, 0.6) is 0 Å². The van der Waals surface area contributed by atoms with Crippen molar-refractivity contribution in [3.8, 4) is 0 Å². The minimum absolute atomic E-state index is 0.112. The van der Waals surface area contributed by atoms with Crippen molar-refractivity contribution in [2.75, 3.05) is 0 Å². The topological polar surface area (TPSA) is 55.8 Å². The van der Waals surface area contributed by atoms with Crippen LogP contribution < -0.4 is 0 Å². The monoisotopic (exact) mass is 432 g/mol. The number of hydroxylamine groups is 2. The molecule has 6 heteroatoms. The maximum Gasteiger partial charge on any atom is 0.297 e. The van der Waals surface area contributed by atoms with E-state index < -0.39 is 27.3 Å². The van der Waals surface area contributed by atoms with Gasteiger partial charge in [-0.15, -0.1) is 0 Å². The van der Waals surface area contributed by atoms with Gasteiger partial charge in [0.25, 0.3) is 10.1 Å². The summed E-state index contributed by atoms with van der Waals surface area (Å²) < 4.78 is 31.3. The van der Waals surface area contributed by atoms with Gasteiger partial charge >= 0.3 is 0 Å². The summed E-state index contributed by atoms with van der Waals surface area (Å²) in [7, 11) is -3.82. The molecule has 0 N–H and O–H groups in total. The zero-order valence-electron chi connectivity index (χ0n) is 18.8. The van der Waals surface area contributed by atoms with Gasteiger partial charge in [0.15, 0.2) is 0 Å². The summed E-state index contributed by atoms with van der Waals surface area (Å²) in [6.07, 6.45) is 0.554. The Morgan fingerprint density at radius 2 is 1.47 bits per heavy atom. The quantitative estimate of drug-likeness (QED) is 0.451. The molecule has 1 saturated heterocycles. The Labute approximate surface area is 181 Å². The second-order valence-corrected chi connectivity index (χ2v) is 11.0. The van der Waals surface area contributed by atoms with E-state index in [0.29, 0.717) is 12.8 Å². The molecule has 0 aromatic heterocycles. The Morgan fingerprint density at radius 1 is 0.933 bits per heavy atom. The average molecular weight is 433 g/mol. The lowest BCUT2D eigenvalue weighted by atomic mass is 9.84. The standard InChI is InChI=1S/C24H33NO4S/c1-18-12-14-22(15-13-18)30(26,27)29-21-16-23(3,4)25(24(5,6)17-21)28-19(2)20-10-8-7-9-11-20/h7-15,19,21H,16-17H2,1-6H3/i25+1. The maximum absolute atomic E-state index is 12.8. The van der Waals surface area contributed by atoms with Crippen molar-refractivity contribution in [3.63, 3.8) is 0 Å². The number of hydrogen-bond acceptors (Lipinski definition) is 5. The van der Waals surface area contributed by atoms with E-state index in [4.69, 9.17) is 9.02 Å². The molecule has 1 heterocycles. The molecule has 1 unspecified atom stereocenters. The molecule has 0 spiro atoms. The second kappa shape index (κ2) is 8.42. The first-order chi connectivity index (χ1) is 13.9. The molecular weight excluding hydrogens is 399 g/mol. The van der Waals surface area contributed by atoms with Crippen LogP contribution in [0.2, 0.25) is 0 Å². The molecule has 0 saturated carbocycles. The number of aryl methyl sites for hydroxylation is 1. The van der Waals surface area contributed by atoms with E-state index in [2.05, 4.69) is 39.8 Å². The normalized spacial score (nSPS) is 20.7. The number of rotatable bonds is 6. The number of benzene rings is 2. The smallest absolute Gasteiger partial charge is 0.290 e. The van der Waals surface area contributed by atoms with Gasteiger partial charge in [0, 0.05) is 11.1 Å². The lowest BCUT2D eigenvalue weighted by Crippen LogP contribution is -2.62. The van der Waals surface area contributed by atoms with Crippen LogP contribution in [-0.4, -0.2) is 30.7 Å². The van der Waals surface area contributed by atoms with E-state index in [-0.39, 0.29) is 11.0 Å². The molecule has 2 aromatic rings. The van der Waals surface area contributed by atoms with Gasteiger partial charge in [-0.3, -0.25) is 9.02 Å². The van der Waals surface area contributed by atoms with E-state index in [1.807, 2.05) is 37.1 Å². The maximum atomic E-state index is 12.8. The molecule has 0 bridgehead atoms. The fraction of sp³-hybridized carbons (Fsp3) is 0.500. The average Bonchev–Trinajstić information content (AvgIpc) is 2.64. The first kappa shape index (κ1) is 22.9. The summed E-state index contributed by atoms with van der Waals surface area (Å²) in [6, 6.07) is 16.9. The molecule has 0 amide bonds. The van der Waals surface area contributed by atoms with E-state index in [1.54, 1.807) is 24.3 Å². The molecule has 164 valence electrons. The lowest BCUT2D eigenvalue weighted by molar-refractivity contribution is -0.312. The highest BCUT2D eigenvalue weighted by Gasteiger charge is 2.48. The highest BCUT2D eigenvalue weighted by atomic mass is 32.2. The van der Waals surface area contributed by atoms with Crippen molar-refractivity contribution in [2.24, 2.45) is 0 Å². The molecule has 1 atom stereocenters. The molecule has 0 aliphatic carbocycles. The van der Waals surface area contributed by atoms with Crippen molar-refractivity contribution in [2.45, 2.75) is 82.6 Å². The minimum Gasteiger partial charge on any atom is -0.290 e. The van der Waals surface area contributed by atoms with E-state index in [0.717, 1.165) is 11.1 Å². The highest BCUT2D eigenvalue weighted by molar-refractivity contribution is 7.86. The Hall–Kier alpha value is -1.73. The van der Waals surface area contributed by atoms with Gasteiger partial charge in [0.1, 0.15) is 6.10 Å². The van der Waals surface area contributed by atoms with Crippen molar-refractivity contribution in [1.29, 1.82) is 0 Å². The number of nitrogens with zero attached hydrogens (tertiary/aromatic N) is 1. The van der Waals surface area contributed by atoms with Crippen LogP contribution in [0.4, 0.5) is 0 Å². The summed E-state index contributed by atoms with van der Waals surface area (Å²) in [5, 5.41) is 2.02. The van der Waals surface area contributed by atoms with Crippen molar-refractivity contribution in [1.82, 2.24) is 5.06 Å². The van der Waals surface area contributed by atoms with Gasteiger partial charge in [-0.2, -0.15) is 13.5 Å². The Morgan fingerprint density at radius 3 is 2.00 bits per heavy atom. The summed E-state index contributed by atoms with van der Waals surface area (Å²) in [5.74, 6) is 0. The van der Waals surface area contributed by atoms with Crippen LogP contribution in [0, 0.1) is 6.92 Å². The molecule has 2 aromatic carbocycles. The van der Waals surface area contributed by atoms with Crippen LogP contribution in [0.3, 0.4) is 0 Å². The van der Waals surface area contributed by atoms with Crippen molar-refractivity contribution < 1.29 is 17.4 Å². The molecule has 30 heavy (non-hydrogen) atoms. The molecule has 1 aliphatic rings. The zero-order valence-corrected chi connectivity index (χ0v) is 19.6. The number of hydrogen-bond donors (Lipinski definition) is 0. The zero-order chi connectivity index (χ0) is 22.2. The fourth-order valence-electron chi connectivity index (χ4n) is 4.41. The number of piperidine rings is 1. The summed E-state index contributed by atoms with van der Waals surface area (Å²) >= 11 is 0. The highest BCUT2D eigenvalue weighted by Crippen LogP contribution is 2.42. The first-order valence-corrected chi connectivity index (χ1v) is 11.8. The summed E-state index contributed by atoms with van der Waals surface area (Å²) in [4.78, 5) is 6.61. The lowest BCUT2D eigenvalue weighted by Gasteiger charge is -2.54. The van der Waals surface area contributed by atoms with E-state index >= 15 is 0 Å².